The maximum Gasteiger partial charge on any atom is 0.305 e. The molecule has 2 N–H and O–H groups in total. The average molecular weight is 686 g/mol. The molecule has 0 aliphatic rings. The van der Waals surface area contributed by atoms with Crippen LogP contribution in [-0.4, -0.2) is 40.2 Å². The number of nitrogens with one attached hydrogen (secondary N) is 1. The molecule has 6 rings (SSSR count). The Hall–Kier alpha value is -4.87. The van der Waals surface area contributed by atoms with Gasteiger partial charge in [0.2, 0.25) is 10.0 Å². The summed E-state index contributed by atoms with van der Waals surface area (Å²) >= 11 is 0. The number of carbonyl (C=O) groups is 2. The molecule has 6 aromatic rings. The highest BCUT2D eigenvalue weighted by molar-refractivity contribution is 8.13. The highest BCUT2D eigenvalue weighted by atomic mass is 35.7. The summed E-state index contributed by atoms with van der Waals surface area (Å²) in [5.74, 6) is -1.27. The van der Waals surface area contributed by atoms with E-state index in [-0.39, 0.29) is 16.1 Å². The van der Waals surface area contributed by atoms with E-state index in [4.69, 9.17) is 15.8 Å². The SMILES string of the molecule is O=CC(CC(=O)O)NS(=O)(=O)c1ccccc1-c1cccc2ccccc12.O=S(=O)(Cl)c1ccccc1-c1cccc2ccccc12. The van der Waals surface area contributed by atoms with Crippen LogP contribution >= 0.6 is 10.7 Å². The van der Waals surface area contributed by atoms with Crippen molar-refractivity contribution in [2.75, 3.05) is 0 Å². The Morgan fingerprint density at radius 2 is 1.02 bits per heavy atom. The van der Waals surface area contributed by atoms with Crippen molar-refractivity contribution in [3.05, 3.63) is 133 Å². The lowest BCUT2D eigenvalue weighted by molar-refractivity contribution is -0.138. The summed E-state index contributed by atoms with van der Waals surface area (Å²) in [7, 11) is -2.35. The number of hydrogen-bond acceptors (Lipinski definition) is 6. The van der Waals surface area contributed by atoms with E-state index in [1.807, 2.05) is 91.0 Å². The minimum absolute atomic E-state index is 0.0152. The second-order valence-electron chi connectivity index (χ2n) is 10.4. The molecule has 11 heteroatoms. The summed E-state index contributed by atoms with van der Waals surface area (Å²) < 4.78 is 51.3. The fourth-order valence-electron chi connectivity index (χ4n) is 5.31. The van der Waals surface area contributed by atoms with Gasteiger partial charge < -0.3 is 9.90 Å². The molecule has 0 aromatic heterocycles. The Bertz CT molecular complexity index is 2310. The summed E-state index contributed by atoms with van der Waals surface area (Å²) in [6.07, 6.45) is -0.342. The molecule has 0 saturated carbocycles. The topological polar surface area (TPSA) is 135 Å². The normalized spacial score (nSPS) is 12.2. The van der Waals surface area contributed by atoms with Crippen molar-refractivity contribution in [3.63, 3.8) is 0 Å². The number of aliphatic carboxylic acids is 1. The third-order valence-electron chi connectivity index (χ3n) is 7.35. The van der Waals surface area contributed by atoms with Crippen LogP contribution in [0.15, 0.2) is 143 Å². The highest BCUT2D eigenvalue weighted by Gasteiger charge is 2.25. The summed E-state index contributed by atoms with van der Waals surface area (Å²) in [4.78, 5) is 22.0. The first-order valence-corrected chi connectivity index (χ1v) is 18.1. The average Bonchev–Trinajstić information content (AvgIpc) is 3.07. The van der Waals surface area contributed by atoms with Crippen LogP contribution in [0, 0.1) is 0 Å². The van der Waals surface area contributed by atoms with Crippen molar-refractivity contribution >= 4 is 63.6 Å². The lowest BCUT2D eigenvalue weighted by Crippen LogP contribution is -2.37. The Kier molecular flexibility index (Phi) is 10.2. The number of benzene rings is 6. The quantitative estimate of drug-likeness (QED) is 0.121. The first-order valence-electron chi connectivity index (χ1n) is 14.3. The summed E-state index contributed by atoms with van der Waals surface area (Å²) in [6.45, 7) is 0. The molecule has 0 heterocycles. The van der Waals surface area contributed by atoms with Gasteiger partial charge in [0, 0.05) is 21.8 Å². The minimum atomic E-state index is -4.11. The van der Waals surface area contributed by atoms with Gasteiger partial charge >= 0.3 is 5.97 Å². The summed E-state index contributed by atoms with van der Waals surface area (Å²) in [6, 6.07) is 38.7. The lowest BCUT2D eigenvalue weighted by Gasteiger charge is -2.15. The molecule has 0 fully saturated rings. The van der Waals surface area contributed by atoms with Gasteiger partial charge in [-0.25, -0.2) is 21.6 Å². The fraction of sp³-hybridized carbons (Fsp3) is 0.0556. The van der Waals surface area contributed by atoms with Gasteiger partial charge in [-0.3, -0.25) is 4.79 Å². The second kappa shape index (κ2) is 14.3. The molecule has 6 aromatic carbocycles. The van der Waals surface area contributed by atoms with Gasteiger partial charge in [-0.1, -0.05) is 121 Å². The maximum absolute atomic E-state index is 12.9. The Morgan fingerprint density at radius 1 is 0.617 bits per heavy atom. The molecule has 0 bridgehead atoms. The summed E-state index contributed by atoms with van der Waals surface area (Å²) in [5.41, 5.74) is 2.69. The first-order chi connectivity index (χ1) is 22.5. The van der Waals surface area contributed by atoms with Crippen molar-refractivity contribution in [2.45, 2.75) is 22.3 Å². The van der Waals surface area contributed by atoms with Crippen molar-refractivity contribution < 1.29 is 31.5 Å². The van der Waals surface area contributed by atoms with Crippen LogP contribution in [0.4, 0.5) is 0 Å². The van der Waals surface area contributed by atoms with Gasteiger partial charge in [-0.05, 0) is 44.8 Å². The molecule has 47 heavy (non-hydrogen) atoms. The minimum Gasteiger partial charge on any atom is -0.481 e. The predicted molar refractivity (Wildman–Crippen MR) is 184 cm³/mol. The van der Waals surface area contributed by atoms with E-state index < -0.39 is 37.5 Å². The van der Waals surface area contributed by atoms with Crippen LogP contribution in [0.25, 0.3) is 43.8 Å². The van der Waals surface area contributed by atoms with Gasteiger partial charge in [0.05, 0.1) is 22.3 Å². The highest BCUT2D eigenvalue weighted by Crippen LogP contribution is 2.35. The zero-order valence-electron chi connectivity index (χ0n) is 24.7. The van der Waals surface area contributed by atoms with Crippen molar-refractivity contribution in [3.8, 4) is 22.3 Å². The van der Waals surface area contributed by atoms with Crippen LogP contribution in [0.2, 0.25) is 0 Å². The number of aldehydes is 1. The van der Waals surface area contributed by atoms with Crippen LogP contribution in [0.5, 0.6) is 0 Å². The number of sulfonamides is 1. The molecular formula is C36H28ClNO7S2. The zero-order chi connectivity index (χ0) is 33.6. The predicted octanol–water partition coefficient (Wildman–Crippen LogP) is 7.26. The number of carboxylic acid groups (broad SMARTS) is 1. The molecule has 0 saturated heterocycles. The number of rotatable bonds is 9. The number of hydrogen-bond donors (Lipinski definition) is 2. The molecule has 0 aliphatic heterocycles. The van der Waals surface area contributed by atoms with Crippen molar-refractivity contribution in [2.24, 2.45) is 0 Å². The van der Waals surface area contributed by atoms with E-state index in [0.717, 1.165) is 32.7 Å². The Labute approximate surface area is 276 Å². The van der Waals surface area contributed by atoms with Gasteiger partial charge in [0.25, 0.3) is 9.05 Å². The van der Waals surface area contributed by atoms with Gasteiger partial charge in [0.15, 0.2) is 0 Å². The lowest BCUT2D eigenvalue weighted by atomic mass is 9.98. The van der Waals surface area contributed by atoms with Gasteiger partial charge in [0.1, 0.15) is 6.29 Å². The maximum atomic E-state index is 12.9. The van der Waals surface area contributed by atoms with Crippen LogP contribution in [-0.2, 0) is 28.7 Å². The molecular weight excluding hydrogens is 658 g/mol. The van der Waals surface area contributed by atoms with E-state index in [0.29, 0.717) is 11.1 Å². The number of halogens is 1. The van der Waals surface area contributed by atoms with Crippen LogP contribution < -0.4 is 4.72 Å². The smallest absolute Gasteiger partial charge is 0.305 e. The summed E-state index contributed by atoms with van der Waals surface area (Å²) in [5, 5.41) is 12.8. The van der Waals surface area contributed by atoms with Gasteiger partial charge in [-0.2, -0.15) is 0 Å². The van der Waals surface area contributed by atoms with E-state index in [2.05, 4.69) is 4.72 Å². The third-order valence-corrected chi connectivity index (χ3v) is 10.3. The Morgan fingerprint density at radius 3 is 1.51 bits per heavy atom. The molecule has 238 valence electrons. The second-order valence-corrected chi connectivity index (χ2v) is 14.7. The van der Waals surface area contributed by atoms with E-state index in [1.54, 1.807) is 30.3 Å². The molecule has 0 aliphatic carbocycles. The number of carbonyl (C=O) groups excluding carboxylic acids is 1. The van der Waals surface area contributed by atoms with E-state index >= 15 is 0 Å². The third kappa shape index (κ3) is 7.75. The van der Waals surface area contributed by atoms with E-state index in [9.17, 15) is 26.4 Å². The molecule has 0 amide bonds. The largest absolute Gasteiger partial charge is 0.481 e. The van der Waals surface area contributed by atoms with E-state index in [1.165, 1.54) is 12.1 Å². The Balaban J connectivity index is 0.000000193. The van der Waals surface area contributed by atoms with Crippen LogP contribution in [0.1, 0.15) is 6.42 Å². The zero-order valence-corrected chi connectivity index (χ0v) is 27.0. The molecule has 1 atom stereocenters. The molecule has 0 spiro atoms. The molecule has 0 radical (unpaired) electrons. The molecule has 8 nitrogen and oxygen atoms in total. The number of fused-ring (bicyclic) bond motifs is 2. The fourth-order valence-corrected chi connectivity index (χ4v) is 7.79. The monoisotopic (exact) mass is 685 g/mol. The van der Waals surface area contributed by atoms with Crippen molar-refractivity contribution in [1.82, 2.24) is 4.72 Å². The number of carboxylic acids is 1. The first kappa shape index (κ1) is 33.5. The van der Waals surface area contributed by atoms with Gasteiger partial charge in [-0.15, -0.1) is 0 Å². The van der Waals surface area contributed by atoms with Crippen LogP contribution in [0.3, 0.4) is 0 Å². The standard InChI is InChI=1S/C20H17NO5S.C16H11ClO2S/c22-13-15(12-20(23)24)21-27(25,26)19-11-4-3-9-18(19)17-10-5-7-14-6-1-2-8-16(14)17;17-20(18,19)16-11-4-3-9-15(16)14-10-5-7-12-6-1-2-8-13(12)14/h1-11,13,15,21H,12H2,(H,23,24);1-11H. The van der Waals surface area contributed by atoms with Crippen molar-refractivity contribution in [1.29, 1.82) is 0 Å². The molecule has 1 unspecified atom stereocenters.